The van der Waals surface area contributed by atoms with Gasteiger partial charge in [0.25, 0.3) is 11.8 Å². The van der Waals surface area contributed by atoms with E-state index in [-0.39, 0.29) is 42.2 Å². The molecule has 0 bridgehead atoms. The fourth-order valence-electron chi connectivity index (χ4n) is 11.1. The van der Waals surface area contributed by atoms with Gasteiger partial charge < -0.3 is 107 Å². The van der Waals surface area contributed by atoms with Crippen molar-refractivity contribution in [2.75, 3.05) is 45.0 Å². The van der Waals surface area contributed by atoms with Crippen molar-refractivity contribution in [2.24, 2.45) is 11.8 Å². The number of fused-ring (bicyclic) bond motifs is 6. The molecule has 8 amide bonds. The lowest BCUT2D eigenvalue weighted by molar-refractivity contribution is -0.123. The van der Waals surface area contributed by atoms with Crippen molar-refractivity contribution in [2.45, 2.75) is 87.2 Å². The van der Waals surface area contributed by atoms with Crippen LogP contribution in [0.3, 0.4) is 0 Å². The van der Waals surface area contributed by atoms with Crippen LogP contribution in [0.2, 0.25) is 0 Å². The van der Waals surface area contributed by atoms with Crippen molar-refractivity contribution in [1.82, 2.24) is 70.4 Å². The molecule has 6 heterocycles. The summed E-state index contributed by atoms with van der Waals surface area (Å²) < 4.78 is 9.35. The number of nitrogens with one attached hydrogen (secondary N) is 20. The lowest BCUT2D eigenvalue weighted by atomic mass is 10.1. The van der Waals surface area contributed by atoms with E-state index in [0.717, 1.165) is 107 Å². The van der Waals surface area contributed by atoms with Gasteiger partial charge in [-0.05, 0) is 252 Å². The van der Waals surface area contributed by atoms with Crippen molar-refractivity contribution in [1.29, 1.82) is 0 Å². The molecular formula is C81H88N20O7S6. The highest BCUT2D eigenvalue weighted by molar-refractivity contribution is 7.72. The van der Waals surface area contributed by atoms with Gasteiger partial charge in [-0.25, -0.2) is 9.59 Å². The van der Waals surface area contributed by atoms with Crippen LogP contribution >= 0.6 is 73.3 Å². The number of amides is 8. The summed E-state index contributed by atoms with van der Waals surface area (Å²) in [6, 6.07) is 46.1. The first-order chi connectivity index (χ1) is 54.5. The summed E-state index contributed by atoms with van der Waals surface area (Å²) >= 11 is 30.1. The maximum Gasteiger partial charge on any atom is 0.319 e. The van der Waals surface area contributed by atoms with E-state index >= 15 is 0 Å². The molecule has 0 aliphatic rings. The Morgan fingerprint density at radius 2 is 0.781 bits per heavy atom. The van der Waals surface area contributed by atoms with Gasteiger partial charge in [0.05, 0.1) is 72.7 Å². The summed E-state index contributed by atoms with van der Waals surface area (Å²) in [5.41, 5.74) is 19.1. The van der Waals surface area contributed by atoms with Gasteiger partial charge in [-0.2, -0.15) is 0 Å². The van der Waals surface area contributed by atoms with E-state index in [1.807, 2.05) is 175 Å². The molecule has 1 unspecified atom stereocenters. The standard InChI is InChI=1S/C19H21N3O2S.C15H13N3OS.C13H17N3OS.C12H15N3OS.C11H12N4OS.C11H10N4OS/c1-4-16(24-17-8-5-11(2)9-12(17)3)18(23)20-13-6-7-14-15(10-13)22-19(25)21-14;1-9-2-4-10(5-3-9)14(19)16-11-6-7-12-13(8-11)18-15(20)17-12;1-8(2)3-6-12(17)14-9-4-5-10-11(7-9)16-13(18)15-10;1-7(2)5-11(16)13-8-3-4-9-10(6-8)15-12(17)14-9;2*1-2-5-12-10(16)13-7-3-4-8-9(6-7)15-11(17)14-8/h5-10,16H,4H2,1-3H3,(H,20,23)(H2,21,22,25);2-8H,1H3,(H,16,19)(H2,17,18,20);4-5,7-8H,3,6H2,1-2H3,(H,14,17)(H2,15,16,18);3-4,6-7H,5H2,1-2H3,(H,13,16)(H2,14,15,17);2-4,6H,1,5H2,(H2,12,13,16)(H2,14,15,17);1,3-4,6H,5H2,(H2,12,13,16)(H2,14,15,17). The number of urea groups is 2. The monoisotopic (exact) mass is 1640 g/mol. The number of rotatable bonds is 19. The van der Waals surface area contributed by atoms with E-state index in [1.165, 1.54) is 5.56 Å². The molecule has 114 heavy (non-hydrogen) atoms. The molecule has 8 aromatic carbocycles. The van der Waals surface area contributed by atoms with E-state index in [4.69, 9.17) is 84.5 Å². The number of benzene rings is 8. The number of hydrogen-bond donors (Lipinski definition) is 20. The van der Waals surface area contributed by atoms with Crippen molar-refractivity contribution in [3.8, 4) is 18.1 Å². The maximum atomic E-state index is 12.6. The second kappa shape index (κ2) is 41.1. The average Bonchev–Trinajstić information content (AvgIpc) is 1.80. The van der Waals surface area contributed by atoms with Gasteiger partial charge in [-0.1, -0.05) is 82.0 Å². The van der Waals surface area contributed by atoms with Crippen LogP contribution in [0.4, 0.5) is 43.7 Å². The number of imidazole rings is 6. The Morgan fingerprint density at radius 3 is 1.14 bits per heavy atom. The Balaban J connectivity index is 0.000000158. The number of aryl methyl sites for hydroxylation is 3. The van der Waals surface area contributed by atoms with E-state index in [2.05, 4.69) is 129 Å². The van der Waals surface area contributed by atoms with Crippen LogP contribution in [-0.2, 0) is 14.4 Å². The van der Waals surface area contributed by atoms with Crippen molar-refractivity contribution >= 4 is 209 Å². The minimum absolute atomic E-state index is 0.0356. The van der Waals surface area contributed by atoms with Gasteiger partial charge in [-0.3, -0.25) is 19.2 Å². The zero-order valence-corrected chi connectivity index (χ0v) is 68.5. The van der Waals surface area contributed by atoms with E-state index in [9.17, 15) is 28.8 Å². The first-order valence-electron chi connectivity index (χ1n) is 36.0. The lowest BCUT2D eigenvalue weighted by Gasteiger charge is -2.19. The third kappa shape index (κ3) is 26.3. The van der Waals surface area contributed by atoms with Crippen molar-refractivity contribution in [3.63, 3.8) is 0 Å². The molecule has 0 radical (unpaired) electrons. The smallest absolute Gasteiger partial charge is 0.319 e. The topological polar surface area (TPSA) is 397 Å². The number of aromatic nitrogens is 12. The number of ether oxygens (including phenoxy) is 1. The Morgan fingerprint density at radius 1 is 0.430 bits per heavy atom. The molecule has 0 aliphatic heterocycles. The zero-order valence-electron chi connectivity index (χ0n) is 63.6. The Bertz CT molecular complexity index is 6200. The number of H-pyrrole nitrogens is 12. The van der Waals surface area contributed by atoms with Gasteiger partial charge in [-0.15, -0.1) is 13.0 Å². The number of terminal acetylenes is 1. The molecule has 0 saturated heterocycles. The summed E-state index contributed by atoms with van der Waals surface area (Å²) in [4.78, 5) is 107. The molecule has 20 N–H and O–H groups in total. The number of carbonyl (C=O) groups is 6. The zero-order chi connectivity index (χ0) is 82.1. The molecule has 0 spiro atoms. The highest BCUT2D eigenvalue weighted by atomic mass is 32.1. The molecule has 6 aromatic heterocycles. The molecule has 27 nitrogen and oxygen atoms in total. The first-order valence-corrected chi connectivity index (χ1v) is 38.5. The summed E-state index contributed by atoms with van der Waals surface area (Å²) in [6.45, 7) is 20.3. The molecule has 33 heteroatoms. The van der Waals surface area contributed by atoms with Gasteiger partial charge in [0.1, 0.15) is 5.75 Å². The Hall–Kier alpha value is -12.6. The molecule has 14 rings (SSSR count). The number of anilines is 6. The second-order valence-electron chi connectivity index (χ2n) is 26.9. The summed E-state index contributed by atoms with van der Waals surface area (Å²) in [6.07, 6.45) is 8.66. The van der Waals surface area contributed by atoms with Gasteiger partial charge >= 0.3 is 12.1 Å². The van der Waals surface area contributed by atoms with Crippen molar-refractivity contribution in [3.05, 3.63) is 215 Å². The maximum absolute atomic E-state index is 12.6. The molecule has 0 fully saturated rings. The Labute approximate surface area is 685 Å². The first kappa shape index (κ1) is 85.4. The average molecular weight is 1650 g/mol. The molecule has 0 saturated carbocycles. The minimum Gasteiger partial charge on any atom is -0.480 e. The van der Waals surface area contributed by atoms with Gasteiger partial charge in [0.2, 0.25) is 11.8 Å². The summed E-state index contributed by atoms with van der Waals surface area (Å²) in [5, 5.41) is 22.1. The third-order valence-electron chi connectivity index (χ3n) is 16.6. The van der Waals surface area contributed by atoms with Crippen LogP contribution in [0.25, 0.3) is 66.2 Å². The SMILES string of the molecule is C#CCNC(=O)Nc1ccc2[nH]c(=S)[nH]c2c1.C=CCNC(=O)Nc1ccc2[nH]c(=S)[nH]c2c1.CC(C)CC(=O)Nc1ccc2[nH]c(=S)[nH]c2c1.CC(C)CCC(=O)Nc1ccc2[nH]c(=S)[nH]c2c1.CCC(Oc1ccc(C)cc1C)C(=O)Nc1ccc2[nH]c(=S)[nH]c2c1.Cc1ccc(C(=O)Nc2ccc3[nH]c(=S)[nH]c3c2)cc1. The normalized spacial score (nSPS) is 10.9. The fourth-order valence-corrected chi connectivity index (χ4v) is 12.4. The van der Waals surface area contributed by atoms with Crippen LogP contribution < -0.4 is 47.3 Å². The highest BCUT2D eigenvalue weighted by Crippen LogP contribution is 2.25. The van der Waals surface area contributed by atoms with Crippen molar-refractivity contribution < 1.29 is 33.5 Å². The molecule has 14 aromatic rings. The molecular weight excluding hydrogens is 1560 g/mol. The second-order valence-corrected chi connectivity index (χ2v) is 29.3. The number of aromatic amines is 12. The largest absolute Gasteiger partial charge is 0.480 e. The molecule has 1 atom stereocenters. The summed E-state index contributed by atoms with van der Waals surface area (Å²) in [7, 11) is 0. The van der Waals surface area contributed by atoms with Crippen LogP contribution in [0.5, 0.6) is 5.75 Å². The fraction of sp³-hybridized carbons (Fsp3) is 0.210. The lowest BCUT2D eigenvalue weighted by Crippen LogP contribution is -2.32. The van der Waals surface area contributed by atoms with E-state index < -0.39 is 6.10 Å². The van der Waals surface area contributed by atoms with Crippen LogP contribution in [0.15, 0.2) is 164 Å². The predicted molar refractivity (Wildman–Crippen MR) is 473 cm³/mol. The third-order valence-corrected chi connectivity index (χ3v) is 17.8. The van der Waals surface area contributed by atoms with Gasteiger partial charge in [0.15, 0.2) is 34.7 Å². The number of hydrogen-bond acceptors (Lipinski definition) is 13. The van der Waals surface area contributed by atoms with Crippen LogP contribution in [0, 0.1) is 73.6 Å². The predicted octanol–water partition coefficient (Wildman–Crippen LogP) is 19.7. The van der Waals surface area contributed by atoms with Gasteiger partial charge in [0, 0.05) is 59.1 Å². The highest BCUT2D eigenvalue weighted by Gasteiger charge is 2.20. The molecule has 590 valence electrons. The minimum atomic E-state index is -0.554. The quantitative estimate of drug-likeness (QED) is 0.0204. The Kier molecular flexibility index (Phi) is 30.8. The number of carbonyl (C=O) groups excluding carboxylic acids is 6. The van der Waals surface area contributed by atoms with E-state index in [1.54, 1.807) is 24.3 Å². The summed E-state index contributed by atoms with van der Waals surface area (Å²) in [5.74, 6) is 3.75. The molecule has 0 aliphatic carbocycles. The van der Waals surface area contributed by atoms with E-state index in [0.29, 0.717) is 88.9 Å². The van der Waals surface area contributed by atoms with Crippen LogP contribution in [-0.4, -0.2) is 115 Å². The van der Waals surface area contributed by atoms with Crippen LogP contribution in [0.1, 0.15) is 87.4 Å².